The van der Waals surface area contributed by atoms with Crippen LogP contribution >= 0.6 is 0 Å². The molecule has 2 fully saturated rings. The lowest BCUT2D eigenvalue weighted by molar-refractivity contribution is -0.138. The van der Waals surface area contributed by atoms with Crippen LogP contribution in [0.4, 0.5) is 11.6 Å². The monoisotopic (exact) mass is 402 g/mol. The predicted octanol–water partition coefficient (Wildman–Crippen LogP) is 1.99. The lowest BCUT2D eigenvalue weighted by Crippen LogP contribution is -2.50. The van der Waals surface area contributed by atoms with E-state index in [1.54, 1.807) is 13.3 Å². The van der Waals surface area contributed by atoms with E-state index in [0.717, 1.165) is 57.0 Å². The highest BCUT2D eigenvalue weighted by Gasteiger charge is 2.25. The third-order valence-corrected chi connectivity index (χ3v) is 5.90. The second kappa shape index (κ2) is 10.4. The summed E-state index contributed by atoms with van der Waals surface area (Å²) in [6.45, 7) is 9.19. The van der Waals surface area contributed by atoms with Gasteiger partial charge < -0.3 is 20.0 Å². The molecule has 29 heavy (non-hydrogen) atoms. The average molecular weight is 403 g/mol. The van der Waals surface area contributed by atoms with Gasteiger partial charge in [0.1, 0.15) is 18.0 Å². The van der Waals surface area contributed by atoms with Gasteiger partial charge in [-0.3, -0.25) is 9.59 Å². The Balaban J connectivity index is 1.46. The van der Waals surface area contributed by atoms with Crippen LogP contribution in [-0.4, -0.2) is 77.4 Å². The molecule has 2 saturated heterocycles. The van der Waals surface area contributed by atoms with E-state index in [2.05, 4.69) is 27.1 Å². The number of nitrogens with zero attached hydrogens (tertiary/aromatic N) is 5. The Morgan fingerprint density at radius 3 is 2.62 bits per heavy atom. The number of nitrogens with one attached hydrogen (secondary N) is 1. The van der Waals surface area contributed by atoms with Crippen molar-refractivity contribution in [3.8, 4) is 0 Å². The van der Waals surface area contributed by atoms with E-state index >= 15 is 0 Å². The molecule has 0 aliphatic carbocycles. The molecule has 0 spiro atoms. The van der Waals surface area contributed by atoms with Crippen LogP contribution in [0, 0.1) is 5.92 Å². The molecule has 0 radical (unpaired) electrons. The molecule has 0 bridgehead atoms. The van der Waals surface area contributed by atoms with Gasteiger partial charge in [-0.25, -0.2) is 9.97 Å². The van der Waals surface area contributed by atoms with E-state index in [1.807, 2.05) is 15.9 Å². The van der Waals surface area contributed by atoms with Gasteiger partial charge in [0.2, 0.25) is 11.8 Å². The molecule has 2 aliphatic rings. The molecule has 1 aromatic heterocycles. The van der Waals surface area contributed by atoms with Gasteiger partial charge in [-0.1, -0.05) is 6.92 Å². The van der Waals surface area contributed by atoms with Gasteiger partial charge in [0.25, 0.3) is 0 Å². The number of hydrogen-bond donors (Lipinski definition) is 1. The van der Waals surface area contributed by atoms with Crippen LogP contribution in [0.3, 0.4) is 0 Å². The molecule has 160 valence electrons. The number of amides is 2. The number of rotatable bonds is 7. The summed E-state index contributed by atoms with van der Waals surface area (Å²) in [6, 6.07) is 2.03. The van der Waals surface area contributed by atoms with E-state index in [-0.39, 0.29) is 11.8 Å². The van der Waals surface area contributed by atoms with Crippen LogP contribution in [0.25, 0.3) is 0 Å². The number of piperazine rings is 1. The molecule has 1 unspecified atom stereocenters. The smallest absolute Gasteiger partial charge is 0.222 e. The maximum atomic E-state index is 12.6. The highest BCUT2D eigenvalue weighted by atomic mass is 16.2. The molecular weight excluding hydrogens is 368 g/mol. The van der Waals surface area contributed by atoms with Gasteiger partial charge in [0, 0.05) is 65.2 Å². The van der Waals surface area contributed by atoms with Crippen molar-refractivity contribution in [2.75, 3.05) is 56.0 Å². The Labute approximate surface area is 173 Å². The minimum atomic E-state index is 0.0946. The number of hydrogen-bond acceptors (Lipinski definition) is 6. The highest BCUT2D eigenvalue weighted by molar-refractivity contribution is 5.77. The summed E-state index contributed by atoms with van der Waals surface area (Å²) in [4.78, 5) is 38.8. The molecule has 3 heterocycles. The number of aromatic nitrogens is 2. The Morgan fingerprint density at radius 1 is 1.14 bits per heavy atom. The second-order valence-corrected chi connectivity index (χ2v) is 8.07. The number of piperidine rings is 1. The maximum absolute atomic E-state index is 12.6. The number of carbonyl (C=O) groups is 2. The first-order valence-electron chi connectivity index (χ1n) is 10.9. The van der Waals surface area contributed by atoms with E-state index in [0.29, 0.717) is 38.5 Å². The van der Waals surface area contributed by atoms with Crippen molar-refractivity contribution in [1.82, 2.24) is 19.8 Å². The van der Waals surface area contributed by atoms with Gasteiger partial charge in [-0.05, 0) is 31.6 Å². The predicted molar refractivity (Wildman–Crippen MR) is 114 cm³/mol. The lowest BCUT2D eigenvalue weighted by Gasteiger charge is -2.36. The zero-order valence-corrected chi connectivity index (χ0v) is 17.8. The quantitative estimate of drug-likeness (QED) is 0.751. The van der Waals surface area contributed by atoms with Crippen molar-refractivity contribution in [2.24, 2.45) is 5.92 Å². The minimum absolute atomic E-state index is 0.0946. The standard InChI is InChI=1S/C21H34N6O2/c1-3-8-22-19-14-20(24-16-23-19)27-9-4-5-18(15-27)6-7-21(29)26-12-10-25(11-13-26)17(2)28/h14,16,18H,3-13,15H2,1-2H3,(H,22,23,24). The van der Waals surface area contributed by atoms with Gasteiger partial charge >= 0.3 is 0 Å². The molecule has 1 atom stereocenters. The first kappa shape index (κ1) is 21.3. The minimum Gasteiger partial charge on any atom is -0.370 e. The fraction of sp³-hybridized carbons (Fsp3) is 0.714. The van der Waals surface area contributed by atoms with Crippen molar-refractivity contribution in [2.45, 2.75) is 46.0 Å². The molecule has 8 heteroatoms. The summed E-state index contributed by atoms with van der Waals surface area (Å²) < 4.78 is 0. The third kappa shape index (κ3) is 6.05. The van der Waals surface area contributed by atoms with Crippen LogP contribution < -0.4 is 10.2 Å². The molecule has 1 N–H and O–H groups in total. The van der Waals surface area contributed by atoms with E-state index in [1.165, 1.54) is 0 Å². The first-order chi connectivity index (χ1) is 14.1. The van der Waals surface area contributed by atoms with Crippen LogP contribution in [0.2, 0.25) is 0 Å². The van der Waals surface area contributed by atoms with Crippen LogP contribution in [0.5, 0.6) is 0 Å². The Bertz CT molecular complexity index is 690. The van der Waals surface area contributed by atoms with Crippen molar-refractivity contribution in [3.63, 3.8) is 0 Å². The zero-order chi connectivity index (χ0) is 20.6. The molecule has 2 aliphatic heterocycles. The fourth-order valence-corrected chi connectivity index (χ4v) is 4.13. The molecule has 8 nitrogen and oxygen atoms in total. The van der Waals surface area contributed by atoms with Crippen LogP contribution in [-0.2, 0) is 9.59 Å². The van der Waals surface area contributed by atoms with Gasteiger partial charge in [0.15, 0.2) is 0 Å². The highest BCUT2D eigenvalue weighted by Crippen LogP contribution is 2.26. The third-order valence-electron chi connectivity index (χ3n) is 5.90. The van der Waals surface area contributed by atoms with E-state index in [9.17, 15) is 9.59 Å². The Morgan fingerprint density at radius 2 is 1.90 bits per heavy atom. The van der Waals surface area contributed by atoms with Gasteiger partial charge in [-0.15, -0.1) is 0 Å². The topological polar surface area (TPSA) is 81.7 Å². The van der Waals surface area contributed by atoms with E-state index < -0.39 is 0 Å². The molecule has 0 saturated carbocycles. The Hall–Kier alpha value is -2.38. The molecule has 3 rings (SSSR count). The molecule has 1 aromatic rings. The number of anilines is 2. The average Bonchev–Trinajstić information content (AvgIpc) is 2.76. The second-order valence-electron chi connectivity index (χ2n) is 8.07. The van der Waals surface area contributed by atoms with Gasteiger partial charge in [-0.2, -0.15) is 0 Å². The fourth-order valence-electron chi connectivity index (χ4n) is 4.13. The summed E-state index contributed by atoms with van der Waals surface area (Å²) in [5.41, 5.74) is 0. The summed E-state index contributed by atoms with van der Waals surface area (Å²) in [7, 11) is 0. The lowest BCUT2D eigenvalue weighted by atomic mass is 9.93. The number of carbonyl (C=O) groups excluding carboxylic acids is 2. The largest absolute Gasteiger partial charge is 0.370 e. The SMILES string of the molecule is CCCNc1cc(N2CCCC(CCC(=O)N3CCN(C(C)=O)CC3)C2)ncn1. The summed E-state index contributed by atoms with van der Waals surface area (Å²) in [5, 5.41) is 3.32. The van der Waals surface area contributed by atoms with Crippen LogP contribution in [0.15, 0.2) is 12.4 Å². The van der Waals surface area contributed by atoms with E-state index in [4.69, 9.17) is 0 Å². The molecule has 2 amide bonds. The van der Waals surface area contributed by atoms with Crippen molar-refractivity contribution in [1.29, 1.82) is 0 Å². The van der Waals surface area contributed by atoms with Crippen LogP contribution in [0.1, 0.15) is 46.0 Å². The first-order valence-corrected chi connectivity index (χ1v) is 10.9. The van der Waals surface area contributed by atoms with Crippen molar-refractivity contribution in [3.05, 3.63) is 12.4 Å². The Kier molecular flexibility index (Phi) is 7.66. The molecule has 0 aromatic carbocycles. The summed E-state index contributed by atoms with van der Waals surface area (Å²) >= 11 is 0. The molecular formula is C21H34N6O2. The van der Waals surface area contributed by atoms with Crippen molar-refractivity contribution >= 4 is 23.5 Å². The maximum Gasteiger partial charge on any atom is 0.222 e. The summed E-state index contributed by atoms with van der Waals surface area (Å²) in [6.07, 6.45) is 6.47. The summed E-state index contributed by atoms with van der Waals surface area (Å²) in [5.74, 6) is 2.66. The zero-order valence-electron chi connectivity index (χ0n) is 17.8. The van der Waals surface area contributed by atoms with Crippen molar-refractivity contribution < 1.29 is 9.59 Å². The van der Waals surface area contributed by atoms with Gasteiger partial charge in [0.05, 0.1) is 0 Å². The normalized spacial score (nSPS) is 19.9.